The topological polar surface area (TPSA) is 62.2 Å². The summed E-state index contributed by atoms with van der Waals surface area (Å²) in [5, 5.41) is 13.3. The number of aliphatic hydroxyl groups excluding tert-OH is 1. The fraction of sp³-hybridized carbons (Fsp3) is 0.500. The summed E-state index contributed by atoms with van der Waals surface area (Å²) in [6, 6.07) is 14.4. The van der Waals surface area contributed by atoms with E-state index in [1.165, 1.54) is 29.5 Å². The molecule has 1 N–H and O–H groups in total. The molecule has 0 radical (unpaired) electrons. The van der Waals surface area contributed by atoms with Crippen LogP contribution in [-0.2, 0) is 12.8 Å². The number of β-amino-alcohol motifs (C(OH)–C–C–N with tert-alkyl or cyclic N) is 1. The quantitative estimate of drug-likeness (QED) is 0.402. The summed E-state index contributed by atoms with van der Waals surface area (Å²) in [7, 11) is 3.31. The minimum atomic E-state index is -0.478. The van der Waals surface area contributed by atoms with Crippen LogP contribution in [-0.4, -0.2) is 73.9 Å². The number of fused-ring (bicyclic) bond motifs is 2. The minimum absolute atomic E-state index is 0.181. The van der Waals surface area contributed by atoms with E-state index in [1.54, 1.807) is 14.2 Å². The summed E-state index contributed by atoms with van der Waals surface area (Å²) in [6.07, 6.45) is 5.71. The Labute approximate surface area is 238 Å². The van der Waals surface area contributed by atoms with E-state index in [4.69, 9.17) is 9.47 Å². The maximum Gasteiger partial charge on any atom is 0.254 e. The molecular formula is C34H44N2O4. The average molecular weight is 545 g/mol. The number of nitrogens with zero attached hydrogens (tertiary/aromatic N) is 2. The molecule has 2 aliphatic rings. The Bertz CT molecular complexity index is 1350. The molecule has 2 aliphatic heterocycles. The molecule has 3 aromatic carbocycles. The zero-order valence-corrected chi connectivity index (χ0v) is 24.5. The summed E-state index contributed by atoms with van der Waals surface area (Å²) in [4.78, 5) is 17.9. The number of likely N-dealkylation sites (tertiary alicyclic amines) is 1. The molecule has 214 valence electrons. The van der Waals surface area contributed by atoms with Crippen LogP contribution in [0, 0.1) is 19.8 Å². The number of carbonyl (C=O) groups is 1. The van der Waals surface area contributed by atoms with E-state index in [2.05, 4.69) is 47.9 Å². The van der Waals surface area contributed by atoms with Gasteiger partial charge in [0.2, 0.25) is 0 Å². The van der Waals surface area contributed by atoms with Crippen molar-refractivity contribution in [1.82, 2.24) is 9.80 Å². The smallest absolute Gasteiger partial charge is 0.254 e. The van der Waals surface area contributed by atoms with Crippen LogP contribution in [0.1, 0.15) is 58.3 Å². The van der Waals surface area contributed by atoms with Crippen LogP contribution >= 0.6 is 0 Å². The molecule has 40 heavy (non-hydrogen) atoms. The van der Waals surface area contributed by atoms with E-state index in [0.29, 0.717) is 24.6 Å². The first-order valence-corrected chi connectivity index (χ1v) is 14.8. The summed E-state index contributed by atoms with van der Waals surface area (Å²) in [5.41, 5.74) is 5.63. The van der Waals surface area contributed by atoms with E-state index in [1.807, 2.05) is 18.2 Å². The van der Waals surface area contributed by atoms with Crippen LogP contribution in [0.25, 0.3) is 10.8 Å². The van der Waals surface area contributed by atoms with Gasteiger partial charge in [0.15, 0.2) is 11.5 Å². The molecule has 2 atom stereocenters. The fourth-order valence-electron chi connectivity index (χ4n) is 6.64. The van der Waals surface area contributed by atoms with E-state index >= 15 is 0 Å². The number of rotatable bonds is 8. The molecule has 6 nitrogen and oxygen atoms in total. The van der Waals surface area contributed by atoms with Gasteiger partial charge in [-0.25, -0.2) is 0 Å². The minimum Gasteiger partial charge on any atom is -0.493 e. The molecule has 2 heterocycles. The van der Waals surface area contributed by atoms with Gasteiger partial charge in [-0.1, -0.05) is 43.2 Å². The molecule has 1 fully saturated rings. The Morgan fingerprint density at radius 3 is 2.60 bits per heavy atom. The Morgan fingerprint density at radius 2 is 1.80 bits per heavy atom. The lowest BCUT2D eigenvalue weighted by molar-refractivity contribution is 0.0634. The van der Waals surface area contributed by atoms with Crippen molar-refractivity contribution >= 4 is 16.7 Å². The summed E-state index contributed by atoms with van der Waals surface area (Å²) < 4.78 is 11.1. The highest BCUT2D eigenvalue weighted by Crippen LogP contribution is 2.37. The third-order valence-corrected chi connectivity index (χ3v) is 8.88. The first-order chi connectivity index (χ1) is 19.4. The third-order valence-electron chi connectivity index (χ3n) is 8.88. The first kappa shape index (κ1) is 28.4. The predicted octanol–water partition coefficient (Wildman–Crippen LogP) is 5.57. The van der Waals surface area contributed by atoms with E-state index in [0.717, 1.165) is 73.1 Å². The Kier molecular flexibility index (Phi) is 8.97. The lowest BCUT2D eigenvalue weighted by atomic mass is 9.92. The van der Waals surface area contributed by atoms with Crippen LogP contribution < -0.4 is 9.47 Å². The highest BCUT2D eigenvalue weighted by molar-refractivity contribution is 5.97. The van der Waals surface area contributed by atoms with Gasteiger partial charge in [0.1, 0.15) is 0 Å². The molecule has 1 saturated heterocycles. The number of hydrogen-bond donors (Lipinski definition) is 1. The number of hydrogen-bond acceptors (Lipinski definition) is 5. The van der Waals surface area contributed by atoms with Crippen LogP contribution in [0.3, 0.4) is 0 Å². The number of aryl methyl sites for hydroxylation is 2. The van der Waals surface area contributed by atoms with Crippen molar-refractivity contribution < 1.29 is 19.4 Å². The van der Waals surface area contributed by atoms with Crippen LogP contribution in [0.2, 0.25) is 0 Å². The summed E-state index contributed by atoms with van der Waals surface area (Å²) in [6.45, 7) is 8.34. The van der Waals surface area contributed by atoms with Gasteiger partial charge in [0.25, 0.3) is 5.91 Å². The largest absolute Gasteiger partial charge is 0.493 e. The average Bonchev–Trinajstić information content (AvgIpc) is 2.93. The van der Waals surface area contributed by atoms with Gasteiger partial charge in [-0.15, -0.1) is 0 Å². The predicted molar refractivity (Wildman–Crippen MR) is 161 cm³/mol. The van der Waals surface area contributed by atoms with E-state index < -0.39 is 6.10 Å². The van der Waals surface area contributed by atoms with Gasteiger partial charge in [0, 0.05) is 43.5 Å². The Hall–Kier alpha value is -3.09. The summed E-state index contributed by atoms with van der Waals surface area (Å²) >= 11 is 0. The molecular weight excluding hydrogens is 500 g/mol. The van der Waals surface area contributed by atoms with Crippen molar-refractivity contribution in [2.24, 2.45) is 5.92 Å². The van der Waals surface area contributed by atoms with Gasteiger partial charge in [-0.05, 0) is 85.3 Å². The fourth-order valence-corrected chi connectivity index (χ4v) is 6.64. The maximum atomic E-state index is 13.4. The zero-order chi connectivity index (χ0) is 28.2. The lowest BCUT2D eigenvalue weighted by Gasteiger charge is -2.36. The molecule has 5 rings (SSSR count). The zero-order valence-electron chi connectivity index (χ0n) is 24.5. The number of amides is 1. The molecule has 2 unspecified atom stereocenters. The molecule has 0 aromatic heterocycles. The lowest BCUT2D eigenvalue weighted by Crippen LogP contribution is -2.45. The molecule has 6 heteroatoms. The number of carbonyl (C=O) groups excluding carboxylic acids is 1. The normalized spacial score (nSPS) is 19.2. The second-order valence-corrected chi connectivity index (χ2v) is 11.7. The molecule has 0 spiro atoms. The van der Waals surface area contributed by atoms with Crippen LogP contribution in [0.4, 0.5) is 0 Å². The van der Waals surface area contributed by atoms with Gasteiger partial charge < -0.3 is 24.4 Å². The van der Waals surface area contributed by atoms with E-state index in [-0.39, 0.29) is 5.91 Å². The highest BCUT2D eigenvalue weighted by Gasteiger charge is 2.28. The standard InChI is InChI=1S/C34H44N2O4/c1-23-17-27-14-16-36(34(38)31(27)18-24(23)2)21-25-9-6-5-7-15-35(20-25)22-28(37)19-26-10-8-11-30-29(26)12-13-32(39-3)33(30)40-4/h8,10-13,17-18,25,28,37H,5-7,9,14-16,19-22H2,1-4H3. The summed E-state index contributed by atoms with van der Waals surface area (Å²) in [5.74, 6) is 2.03. The second kappa shape index (κ2) is 12.6. The van der Waals surface area contributed by atoms with Gasteiger partial charge in [-0.2, -0.15) is 0 Å². The Morgan fingerprint density at radius 1 is 0.975 bits per heavy atom. The highest BCUT2D eigenvalue weighted by atomic mass is 16.5. The number of ether oxygens (including phenoxy) is 2. The van der Waals surface area contributed by atoms with Gasteiger partial charge in [-0.3, -0.25) is 4.79 Å². The molecule has 1 amide bonds. The third kappa shape index (κ3) is 6.13. The molecule has 0 saturated carbocycles. The monoisotopic (exact) mass is 544 g/mol. The first-order valence-electron chi connectivity index (χ1n) is 14.8. The van der Waals surface area contributed by atoms with Crippen molar-refractivity contribution in [3.05, 3.63) is 70.3 Å². The number of methoxy groups -OCH3 is 2. The maximum absolute atomic E-state index is 13.4. The second-order valence-electron chi connectivity index (χ2n) is 11.7. The van der Waals surface area contributed by atoms with Crippen molar-refractivity contribution in [2.45, 2.75) is 58.5 Å². The van der Waals surface area contributed by atoms with Gasteiger partial charge in [0.05, 0.1) is 20.3 Å². The molecule has 0 aliphatic carbocycles. The van der Waals surface area contributed by atoms with Crippen molar-refractivity contribution in [1.29, 1.82) is 0 Å². The van der Waals surface area contributed by atoms with Crippen molar-refractivity contribution in [3.63, 3.8) is 0 Å². The number of benzene rings is 3. The van der Waals surface area contributed by atoms with E-state index in [9.17, 15) is 9.90 Å². The molecule has 0 bridgehead atoms. The molecule has 3 aromatic rings. The number of aliphatic hydroxyl groups is 1. The van der Waals surface area contributed by atoms with Crippen molar-refractivity contribution in [2.75, 3.05) is 46.9 Å². The van der Waals surface area contributed by atoms with Crippen LogP contribution in [0.5, 0.6) is 11.5 Å². The van der Waals surface area contributed by atoms with Crippen LogP contribution in [0.15, 0.2) is 42.5 Å². The SMILES string of the molecule is COc1ccc2c(CC(O)CN3CCCCCC(CN4CCc5cc(C)c(C)cc5C4=O)C3)cccc2c1OC. The Balaban J connectivity index is 1.25. The van der Waals surface area contributed by atoms with Gasteiger partial charge >= 0.3 is 0 Å². The van der Waals surface area contributed by atoms with Crippen molar-refractivity contribution in [3.8, 4) is 11.5 Å².